The molecule has 6 heteroatoms. The number of carbonyl (C=O) groups excluding carboxylic acids is 2. The number of halogens is 1. The summed E-state index contributed by atoms with van der Waals surface area (Å²) in [6.45, 7) is 3.35. The molecule has 1 aromatic carbocycles. The van der Waals surface area contributed by atoms with Gasteiger partial charge in [-0.3, -0.25) is 9.59 Å². The summed E-state index contributed by atoms with van der Waals surface area (Å²) in [6, 6.07) is 0. The van der Waals surface area contributed by atoms with Crippen molar-refractivity contribution in [2.24, 2.45) is 0 Å². The third kappa shape index (κ3) is 1.81. The maximum absolute atomic E-state index is 12.2. The monoisotopic (exact) mass is 308 g/mol. The smallest absolute Gasteiger partial charge is 0.211 e. The molecule has 1 aromatic rings. The van der Waals surface area contributed by atoms with E-state index >= 15 is 0 Å². The standard InChI is InChI=1S/C15H13ClO5/c1-6-12(18)11-10(9(17)4-8(16)13(11)19)7-5-15(2,20-3)21-14(6)7/h4,18H,5H2,1-3H3. The van der Waals surface area contributed by atoms with Gasteiger partial charge in [-0.2, -0.15) is 0 Å². The molecule has 0 saturated heterocycles. The molecule has 0 amide bonds. The minimum atomic E-state index is -0.928. The molecule has 1 N–H and O–H groups in total. The zero-order chi connectivity index (χ0) is 15.5. The molecule has 1 aliphatic heterocycles. The van der Waals surface area contributed by atoms with Crippen LogP contribution in [0.15, 0.2) is 11.1 Å². The van der Waals surface area contributed by atoms with Crippen molar-refractivity contribution in [3.05, 3.63) is 33.4 Å². The van der Waals surface area contributed by atoms with Crippen molar-refractivity contribution >= 4 is 23.2 Å². The van der Waals surface area contributed by atoms with Crippen LogP contribution in [-0.4, -0.2) is 29.6 Å². The summed E-state index contributed by atoms with van der Waals surface area (Å²) in [5, 5.41) is 10.1. The topological polar surface area (TPSA) is 72.8 Å². The van der Waals surface area contributed by atoms with Crippen LogP contribution in [-0.2, 0) is 11.2 Å². The Kier molecular flexibility index (Phi) is 2.90. The number of methoxy groups -OCH3 is 1. The maximum atomic E-state index is 12.2. The average molecular weight is 309 g/mol. The van der Waals surface area contributed by atoms with Crippen LogP contribution in [0.3, 0.4) is 0 Å². The second kappa shape index (κ2) is 4.32. The molecule has 5 nitrogen and oxygen atoms in total. The summed E-state index contributed by atoms with van der Waals surface area (Å²) < 4.78 is 11.0. The van der Waals surface area contributed by atoms with Crippen LogP contribution in [0.25, 0.3) is 0 Å². The fourth-order valence-corrected chi connectivity index (χ4v) is 2.96. The van der Waals surface area contributed by atoms with Gasteiger partial charge < -0.3 is 14.6 Å². The van der Waals surface area contributed by atoms with Crippen molar-refractivity contribution < 1.29 is 24.2 Å². The predicted molar refractivity (Wildman–Crippen MR) is 75.2 cm³/mol. The first kappa shape index (κ1) is 14.1. The van der Waals surface area contributed by atoms with Crippen LogP contribution in [0, 0.1) is 6.92 Å². The van der Waals surface area contributed by atoms with E-state index in [4.69, 9.17) is 21.1 Å². The van der Waals surface area contributed by atoms with Gasteiger partial charge in [0.2, 0.25) is 11.6 Å². The first-order valence-electron chi connectivity index (χ1n) is 6.38. The second-order valence-electron chi connectivity index (χ2n) is 5.33. The van der Waals surface area contributed by atoms with E-state index in [0.717, 1.165) is 6.08 Å². The summed E-state index contributed by atoms with van der Waals surface area (Å²) in [5.74, 6) is -1.77. The number of phenolic OH excluding ortho intramolecular Hbond substituents is 1. The minimum absolute atomic E-state index is 0.0484. The number of phenols is 1. The van der Waals surface area contributed by atoms with E-state index < -0.39 is 17.4 Å². The Hall–Kier alpha value is -1.85. The first-order chi connectivity index (χ1) is 9.79. The van der Waals surface area contributed by atoms with Gasteiger partial charge in [0.05, 0.1) is 10.6 Å². The number of Topliss-reactive ketones (excluding diaryl/α,β-unsaturated/α-hetero) is 1. The van der Waals surface area contributed by atoms with Gasteiger partial charge in [0.1, 0.15) is 11.5 Å². The summed E-state index contributed by atoms with van der Waals surface area (Å²) in [7, 11) is 1.50. The van der Waals surface area contributed by atoms with Gasteiger partial charge in [-0.05, 0) is 6.92 Å². The predicted octanol–water partition coefficient (Wildman–Crippen LogP) is 2.50. The molecule has 110 valence electrons. The van der Waals surface area contributed by atoms with Crippen molar-refractivity contribution in [2.75, 3.05) is 7.11 Å². The fourth-order valence-electron chi connectivity index (χ4n) is 2.76. The lowest BCUT2D eigenvalue weighted by Crippen LogP contribution is -2.32. The summed E-state index contributed by atoms with van der Waals surface area (Å²) in [6.07, 6.45) is 1.39. The van der Waals surface area contributed by atoms with Gasteiger partial charge in [-0.15, -0.1) is 0 Å². The van der Waals surface area contributed by atoms with Gasteiger partial charge in [0.15, 0.2) is 5.78 Å². The van der Waals surface area contributed by atoms with E-state index in [9.17, 15) is 14.7 Å². The highest BCUT2D eigenvalue weighted by molar-refractivity contribution is 6.49. The third-order valence-corrected chi connectivity index (χ3v) is 4.24. The molecule has 1 heterocycles. The number of ketones is 2. The molecule has 0 radical (unpaired) electrons. The zero-order valence-corrected chi connectivity index (χ0v) is 12.5. The molecule has 0 spiro atoms. The Balaban J connectivity index is 2.34. The molecule has 0 fully saturated rings. The number of rotatable bonds is 1. The quantitative estimate of drug-likeness (QED) is 0.863. The van der Waals surface area contributed by atoms with Crippen LogP contribution < -0.4 is 4.74 Å². The van der Waals surface area contributed by atoms with Gasteiger partial charge in [-0.25, -0.2) is 0 Å². The van der Waals surface area contributed by atoms with E-state index in [-0.39, 0.29) is 21.9 Å². The Bertz CT molecular complexity index is 734. The SMILES string of the molecule is COC1(C)Cc2c(c(C)c(O)c3c2C(=O)C=C(Cl)C3=O)O1. The molecule has 0 bridgehead atoms. The number of aromatic hydroxyl groups is 1. The lowest BCUT2D eigenvalue weighted by Gasteiger charge is -2.21. The Morgan fingerprint density at radius 1 is 1.38 bits per heavy atom. The van der Waals surface area contributed by atoms with Crippen molar-refractivity contribution in [3.8, 4) is 11.5 Å². The van der Waals surface area contributed by atoms with Crippen molar-refractivity contribution in [1.82, 2.24) is 0 Å². The molecular formula is C15H13ClO5. The van der Waals surface area contributed by atoms with Gasteiger partial charge in [0.25, 0.3) is 0 Å². The van der Waals surface area contributed by atoms with Gasteiger partial charge >= 0.3 is 0 Å². The number of benzene rings is 1. The number of hydrogen-bond donors (Lipinski definition) is 1. The van der Waals surface area contributed by atoms with Gasteiger partial charge in [0, 0.05) is 43.2 Å². The van der Waals surface area contributed by atoms with Crippen LogP contribution in [0.4, 0.5) is 0 Å². The third-order valence-electron chi connectivity index (χ3n) is 3.95. The number of carbonyl (C=O) groups is 2. The molecule has 21 heavy (non-hydrogen) atoms. The van der Waals surface area contributed by atoms with E-state index in [2.05, 4.69) is 0 Å². The van der Waals surface area contributed by atoms with Crippen molar-refractivity contribution in [1.29, 1.82) is 0 Å². The van der Waals surface area contributed by atoms with E-state index in [1.54, 1.807) is 13.8 Å². The van der Waals surface area contributed by atoms with E-state index in [1.807, 2.05) is 0 Å². The second-order valence-corrected chi connectivity index (χ2v) is 5.74. The van der Waals surface area contributed by atoms with Crippen LogP contribution in [0.1, 0.15) is 38.8 Å². The Labute approximate surface area is 126 Å². The molecule has 1 unspecified atom stereocenters. The first-order valence-corrected chi connectivity index (χ1v) is 6.75. The maximum Gasteiger partial charge on any atom is 0.211 e. The van der Waals surface area contributed by atoms with Crippen LogP contribution in [0.5, 0.6) is 11.5 Å². The molecule has 1 aliphatic carbocycles. The lowest BCUT2D eigenvalue weighted by atomic mass is 9.86. The number of fused-ring (bicyclic) bond motifs is 3. The minimum Gasteiger partial charge on any atom is -0.507 e. The van der Waals surface area contributed by atoms with Crippen molar-refractivity contribution in [2.45, 2.75) is 26.1 Å². The molecule has 2 aliphatic rings. The van der Waals surface area contributed by atoms with Gasteiger partial charge in [-0.1, -0.05) is 11.6 Å². The number of allylic oxidation sites excluding steroid dienone is 2. The van der Waals surface area contributed by atoms with Crippen LogP contribution >= 0.6 is 11.6 Å². The number of ether oxygens (including phenoxy) is 2. The Morgan fingerprint density at radius 2 is 2.05 bits per heavy atom. The molecular weight excluding hydrogens is 296 g/mol. The molecule has 0 saturated carbocycles. The largest absolute Gasteiger partial charge is 0.507 e. The zero-order valence-electron chi connectivity index (χ0n) is 11.7. The number of hydrogen-bond acceptors (Lipinski definition) is 5. The molecule has 1 atom stereocenters. The fraction of sp³-hybridized carbons (Fsp3) is 0.333. The summed E-state index contributed by atoms with van der Waals surface area (Å²) in [5.41, 5.74) is 1.08. The molecule has 0 aromatic heterocycles. The van der Waals surface area contributed by atoms with E-state index in [1.165, 1.54) is 7.11 Å². The van der Waals surface area contributed by atoms with E-state index in [0.29, 0.717) is 23.3 Å². The summed E-state index contributed by atoms with van der Waals surface area (Å²) in [4.78, 5) is 24.4. The highest BCUT2D eigenvalue weighted by Gasteiger charge is 2.43. The van der Waals surface area contributed by atoms with Crippen LogP contribution in [0.2, 0.25) is 0 Å². The lowest BCUT2D eigenvalue weighted by molar-refractivity contribution is -0.134. The summed E-state index contributed by atoms with van der Waals surface area (Å²) >= 11 is 5.77. The highest BCUT2D eigenvalue weighted by atomic mass is 35.5. The average Bonchev–Trinajstić information content (AvgIpc) is 2.79. The molecule has 3 rings (SSSR count). The normalized spacial score (nSPS) is 23.5. The van der Waals surface area contributed by atoms with Crippen molar-refractivity contribution in [3.63, 3.8) is 0 Å². The highest BCUT2D eigenvalue weighted by Crippen LogP contribution is 2.47. The Morgan fingerprint density at radius 3 is 2.67 bits per heavy atom.